The van der Waals surface area contributed by atoms with Crippen molar-refractivity contribution in [3.63, 3.8) is 0 Å². The molecule has 21 heavy (non-hydrogen) atoms. The van der Waals surface area contributed by atoms with Gasteiger partial charge in [0.1, 0.15) is 0 Å². The Hall–Kier alpha value is -1.72. The van der Waals surface area contributed by atoms with Crippen molar-refractivity contribution in [3.8, 4) is 0 Å². The summed E-state index contributed by atoms with van der Waals surface area (Å²) in [5.74, 6) is -0.783. The number of halogens is 3. The molecule has 1 aliphatic carbocycles. The summed E-state index contributed by atoms with van der Waals surface area (Å²) in [4.78, 5) is 6.23. The summed E-state index contributed by atoms with van der Waals surface area (Å²) >= 11 is 0. The van der Waals surface area contributed by atoms with Crippen molar-refractivity contribution >= 4 is 11.6 Å². The highest BCUT2D eigenvalue weighted by Crippen LogP contribution is 2.46. The molecule has 1 fully saturated rings. The summed E-state index contributed by atoms with van der Waals surface area (Å²) < 4.78 is 38.5. The largest absolute Gasteiger partial charge is 0.391 e. The molecule has 114 valence electrons. The highest BCUT2D eigenvalue weighted by molar-refractivity contribution is 5.98. The number of nitrogens with two attached hydrogens (primary N) is 1. The molecule has 1 heterocycles. The zero-order chi connectivity index (χ0) is 15.1. The fourth-order valence-corrected chi connectivity index (χ4v) is 3.46. The molecule has 6 heteroatoms. The number of hydrogen-bond acceptors (Lipinski definition) is 3. The third-order valence-electron chi connectivity index (χ3n) is 4.63. The Balaban J connectivity index is 1.83. The number of hydrogen-bond donors (Lipinski definition) is 1. The predicted molar refractivity (Wildman–Crippen MR) is 76.2 cm³/mol. The van der Waals surface area contributed by atoms with Gasteiger partial charge in [0.15, 0.2) is 5.96 Å². The van der Waals surface area contributed by atoms with Crippen molar-refractivity contribution < 1.29 is 13.2 Å². The van der Waals surface area contributed by atoms with E-state index in [-0.39, 0.29) is 18.4 Å². The number of rotatable bonds is 1. The summed E-state index contributed by atoms with van der Waals surface area (Å²) in [5, 5.41) is 0. The summed E-state index contributed by atoms with van der Waals surface area (Å²) in [6.45, 7) is 0.484. The Bertz CT molecular complexity index is 531. The molecule has 2 N–H and O–H groups in total. The first-order valence-electron chi connectivity index (χ1n) is 7.14. The Morgan fingerprint density at radius 3 is 2.33 bits per heavy atom. The van der Waals surface area contributed by atoms with Crippen molar-refractivity contribution in [3.05, 3.63) is 30.3 Å². The Labute approximate surface area is 121 Å². The maximum atomic E-state index is 12.8. The van der Waals surface area contributed by atoms with Gasteiger partial charge in [-0.2, -0.15) is 13.2 Å². The molecule has 3 rings (SSSR count). The molecule has 0 atom stereocenters. The molecular weight excluding hydrogens is 279 g/mol. The zero-order valence-corrected chi connectivity index (χ0v) is 11.6. The van der Waals surface area contributed by atoms with Crippen molar-refractivity contribution in [1.82, 2.24) is 0 Å². The normalized spacial score (nSPS) is 29.8. The van der Waals surface area contributed by atoms with Gasteiger partial charge in [-0.15, -0.1) is 0 Å². The lowest BCUT2D eigenvalue weighted by atomic mass is 9.75. The summed E-state index contributed by atoms with van der Waals surface area (Å²) in [6.07, 6.45) is -2.86. The molecule has 0 unspecified atom stereocenters. The number of anilines is 1. The highest BCUT2D eigenvalue weighted by Gasteiger charge is 2.50. The van der Waals surface area contributed by atoms with Crippen LogP contribution >= 0.6 is 0 Å². The van der Waals surface area contributed by atoms with Gasteiger partial charge in [0.2, 0.25) is 0 Å². The highest BCUT2D eigenvalue weighted by atomic mass is 19.4. The third-order valence-corrected chi connectivity index (χ3v) is 4.63. The predicted octanol–water partition coefficient (Wildman–Crippen LogP) is 3.31. The maximum absolute atomic E-state index is 12.8. The molecular formula is C15H18F3N3. The number of aliphatic imine (C=N–C) groups is 1. The lowest BCUT2D eigenvalue weighted by Gasteiger charge is -2.44. The second-order valence-electron chi connectivity index (χ2n) is 5.89. The summed E-state index contributed by atoms with van der Waals surface area (Å²) in [7, 11) is 0. The monoisotopic (exact) mass is 297 g/mol. The van der Waals surface area contributed by atoms with Crippen molar-refractivity contribution in [2.45, 2.75) is 37.4 Å². The van der Waals surface area contributed by atoms with Crippen molar-refractivity contribution in [2.75, 3.05) is 11.4 Å². The van der Waals surface area contributed by atoms with Gasteiger partial charge in [0.05, 0.1) is 18.0 Å². The number of para-hydroxylation sites is 1. The molecule has 1 aliphatic heterocycles. The molecule has 0 radical (unpaired) electrons. The van der Waals surface area contributed by atoms with Crippen LogP contribution in [0.4, 0.5) is 18.9 Å². The van der Waals surface area contributed by atoms with Crippen LogP contribution in [0.3, 0.4) is 0 Å². The summed E-state index contributed by atoms with van der Waals surface area (Å²) in [6, 6.07) is 9.54. The van der Waals surface area contributed by atoms with Crippen molar-refractivity contribution in [2.24, 2.45) is 16.6 Å². The van der Waals surface area contributed by atoms with Crippen LogP contribution in [-0.4, -0.2) is 24.2 Å². The van der Waals surface area contributed by atoms with Crippen LogP contribution in [-0.2, 0) is 0 Å². The van der Waals surface area contributed by atoms with Gasteiger partial charge in [0.25, 0.3) is 0 Å². The van der Waals surface area contributed by atoms with E-state index in [0.717, 1.165) is 5.69 Å². The maximum Gasteiger partial charge on any atom is 0.391 e. The van der Waals surface area contributed by atoms with Gasteiger partial charge < -0.3 is 10.6 Å². The van der Waals surface area contributed by atoms with E-state index in [1.54, 1.807) is 0 Å². The zero-order valence-electron chi connectivity index (χ0n) is 11.6. The first-order valence-corrected chi connectivity index (χ1v) is 7.14. The van der Waals surface area contributed by atoms with E-state index < -0.39 is 12.1 Å². The van der Waals surface area contributed by atoms with Crippen LogP contribution in [0.25, 0.3) is 0 Å². The molecule has 0 saturated heterocycles. The number of alkyl halides is 3. The molecule has 1 saturated carbocycles. The molecule has 1 spiro atoms. The fourth-order valence-electron chi connectivity index (χ4n) is 3.46. The second kappa shape index (κ2) is 4.93. The van der Waals surface area contributed by atoms with E-state index in [0.29, 0.717) is 25.3 Å². The number of nitrogens with zero attached hydrogens (tertiary/aromatic N) is 2. The van der Waals surface area contributed by atoms with Crippen LogP contribution in [0.15, 0.2) is 35.3 Å². The Kier molecular flexibility index (Phi) is 3.34. The van der Waals surface area contributed by atoms with E-state index in [4.69, 9.17) is 5.73 Å². The average molecular weight is 297 g/mol. The molecule has 0 bridgehead atoms. The van der Waals surface area contributed by atoms with E-state index in [2.05, 4.69) is 4.99 Å². The smallest absolute Gasteiger partial charge is 0.369 e. The molecule has 3 nitrogen and oxygen atoms in total. The SMILES string of the molecule is NC1=NCC2(CCC(C(F)(F)F)CC2)N1c1ccccc1. The number of benzene rings is 1. The van der Waals surface area contributed by atoms with Gasteiger partial charge in [-0.1, -0.05) is 18.2 Å². The summed E-state index contributed by atoms with van der Waals surface area (Å²) in [5.41, 5.74) is 6.51. The first-order chi connectivity index (χ1) is 9.92. The molecule has 2 aliphatic rings. The quantitative estimate of drug-likeness (QED) is 0.864. The van der Waals surface area contributed by atoms with E-state index in [1.807, 2.05) is 35.2 Å². The lowest BCUT2D eigenvalue weighted by Crippen LogP contribution is -2.54. The lowest BCUT2D eigenvalue weighted by molar-refractivity contribution is -0.184. The van der Waals surface area contributed by atoms with Crippen molar-refractivity contribution in [1.29, 1.82) is 0 Å². The van der Waals surface area contributed by atoms with Crippen LogP contribution < -0.4 is 10.6 Å². The van der Waals surface area contributed by atoms with Gasteiger partial charge in [-0.05, 0) is 37.8 Å². The average Bonchev–Trinajstić information content (AvgIpc) is 2.76. The minimum atomic E-state index is -4.09. The van der Waals surface area contributed by atoms with Gasteiger partial charge >= 0.3 is 6.18 Å². The van der Waals surface area contributed by atoms with Crippen LogP contribution in [0.5, 0.6) is 0 Å². The molecule has 1 aromatic carbocycles. The van der Waals surface area contributed by atoms with E-state index in [9.17, 15) is 13.2 Å². The van der Waals surface area contributed by atoms with Crippen LogP contribution in [0.1, 0.15) is 25.7 Å². The fraction of sp³-hybridized carbons (Fsp3) is 0.533. The minimum Gasteiger partial charge on any atom is -0.369 e. The molecule has 0 amide bonds. The van der Waals surface area contributed by atoms with Gasteiger partial charge in [-0.25, -0.2) is 0 Å². The third kappa shape index (κ3) is 2.47. The standard InChI is InChI=1S/C15H18F3N3/c16-15(17,18)11-6-8-14(9-7-11)10-20-13(19)21(14)12-4-2-1-3-5-12/h1-5,11H,6-10H2,(H2,19,20). The first kappa shape index (κ1) is 14.2. The topological polar surface area (TPSA) is 41.6 Å². The van der Waals surface area contributed by atoms with Gasteiger partial charge in [0, 0.05) is 5.69 Å². The number of guanidine groups is 1. The second-order valence-corrected chi connectivity index (χ2v) is 5.89. The minimum absolute atomic E-state index is 0.148. The molecule has 0 aromatic heterocycles. The molecule has 1 aromatic rings. The van der Waals surface area contributed by atoms with Gasteiger partial charge in [-0.3, -0.25) is 4.99 Å². The van der Waals surface area contributed by atoms with E-state index in [1.165, 1.54) is 0 Å². The Morgan fingerprint density at radius 1 is 1.14 bits per heavy atom. The van der Waals surface area contributed by atoms with Crippen LogP contribution in [0.2, 0.25) is 0 Å². The Morgan fingerprint density at radius 2 is 1.76 bits per heavy atom. The van der Waals surface area contributed by atoms with Crippen LogP contribution in [0, 0.1) is 5.92 Å². The van der Waals surface area contributed by atoms with E-state index >= 15 is 0 Å².